The fraction of sp³-hybridized carbons (Fsp3) is 0.429. The Morgan fingerprint density at radius 3 is 2.43 bits per heavy atom. The minimum absolute atomic E-state index is 0.0482. The number of alkyl halides is 3. The summed E-state index contributed by atoms with van der Waals surface area (Å²) in [4.78, 5) is 12.3. The first-order valence-corrected chi connectivity index (χ1v) is 6.31. The Balaban J connectivity index is 2.43. The summed E-state index contributed by atoms with van der Waals surface area (Å²) < 4.78 is 39.2. The van der Waals surface area contributed by atoms with E-state index in [1.165, 1.54) is 19.1 Å². The standard InChI is InChI=1S/C14H15F3N2O2/c1-8-4-5-11(6-9(8)2)12(20)19-13(21,14(15,16)17)7-10(3)18-19/h4-6,21H,7H2,1-3H3. The molecule has 0 fully saturated rings. The van der Waals surface area contributed by atoms with E-state index >= 15 is 0 Å². The second-order valence-corrected chi connectivity index (χ2v) is 5.24. The van der Waals surface area contributed by atoms with Crippen LogP contribution in [0.1, 0.15) is 34.8 Å². The van der Waals surface area contributed by atoms with E-state index < -0.39 is 24.2 Å². The van der Waals surface area contributed by atoms with Gasteiger partial charge in [0.2, 0.25) is 0 Å². The lowest BCUT2D eigenvalue weighted by Gasteiger charge is -2.32. The van der Waals surface area contributed by atoms with Crippen molar-refractivity contribution in [3.05, 3.63) is 34.9 Å². The molecule has 0 bridgehead atoms. The predicted octanol–water partition coefficient (Wildman–Crippen LogP) is 2.78. The van der Waals surface area contributed by atoms with Crippen molar-refractivity contribution in [1.82, 2.24) is 5.01 Å². The maximum atomic E-state index is 13.1. The third-order valence-corrected chi connectivity index (χ3v) is 3.52. The molecule has 0 spiro atoms. The number of aliphatic hydroxyl groups is 1. The van der Waals surface area contributed by atoms with Gasteiger partial charge in [0.1, 0.15) is 0 Å². The smallest absolute Gasteiger partial charge is 0.362 e. The summed E-state index contributed by atoms with van der Waals surface area (Å²) in [5.74, 6) is -0.977. The van der Waals surface area contributed by atoms with Gasteiger partial charge in [-0.15, -0.1) is 0 Å². The maximum absolute atomic E-state index is 13.1. The second kappa shape index (κ2) is 4.84. The predicted molar refractivity (Wildman–Crippen MR) is 70.8 cm³/mol. The molecule has 1 aliphatic heterocycles. The van der Waals surface area contributed by atoms with Crippen molar-refractivity contribution in [2.24, 2.45) is 5.10 Å². The highest BCUT2D eigenvalue weighted by Gasteiger charge is 2.62. The SMILES string of the molecule is CC1=NN(C(=O)c2ccc(C)c(C)c2)C(O)(C(F)(F)F)C1. The Bertz CT molecular complexity index is 625. The quantitative estimate of drug-likeness (QED) is 0.867. The number of hydrazone groups is 1. The Kier molecular flexibility index (Phi) is 3.57. The number of aryl methyl sites for hydroxylation is 2. The van der Waals surface area contributed by atoms with Crippen LogP contribution in [0.4, 0.5) is 13.2 Å². The number of carbonyl (C=O) groups is 1. The number of carbonyl (C=O) groups excluding carboxylic acids is 1. The van der Waals surface area contributed by atoms with Crippen LogP contribution in [0, 0.1) is 13.8 Å². The first kappa shape index (κ1) is 15.5. The molecule has 1 aromatic carbocycles. The van der Waals surface area contributed by atoms with Crippen LogP contribution in [-0.2, 0) is 0 Å². The van der Waals surface area contributed by atoms with Crippen molar-refractivity contribution in [2.45, 2.75) is 39.1 Å². The van der Waals surface area contributed by atoms with Gasteiger partial charge in [-0.3, -0.25) is 4.79 Å². The molecule has 1 aliphatic rings. The molecule has 0 aromatic heterocycles. The zero-order valence-corrected chi connectivity index (χ0v) is 11.8. The van der Waals surface area contributed by atoms with E-state index in [4.69, 9.17) is 0 Å². The van der Waals surface area contributed by atoms with Gasteiger partial charge in [-0.1, -0.05) is 6.07 Å². The lowest BCUT2D eigenvalue weighted by Crippen LogP contribution is -2.56. The van der Waals surface area contributed by atoms with E-state index in [1.807, 2.05) is 6.92 Å². The first-order valence-electron chi connectivity index (χ1n) is 6.31. The van der Waals surface area contributed by atoms with E-state index in [-0.39, 0.29) is 16.3 Å². The highest BCUT2D eigenvalue weighted by Crippen LogP contribution is 2.40. The summed E-state index contributed by atoms with van der Waals surface area (Å²) in [6.45, 7) is 4.92. The minimum Gasteiger partial charge on any atom is -0.362 e. The minimum atomic E-state index is -4.98. The average Bonchev–Trinajstić information content (AvgIpc) is 2.68. The van der Waals surface area contributed by atoms with Crippen LogP contribution in [0.3, 0.4) is 0 Å². The molecule has 1 aromatic rings. The topological polar surface area (TPSA) is 52.9 Å². The number of amides is 1. The highest BCUT2D eigenvalue weighted by atomic mass is 19.4. The van der Waals surface area contributed by atoms with Gasteiger partial charge >= 0.3 is 6.18 Å². The molecule has 7 heteroatoms. The van der Waals surface area contributed by atoms with E-state index in [2.05, 4.69) is 5.10 Å². The molecular weight excluding hydrogens is 285 g/mol. The Morgan fingerprint density at radius 1 is 1.29 bits per heavy atom. The molecule has 2 rings (SSSR count). The number of benzene rings is 1. The second-order valence-electron chi connectivity index (χ2n) is 5.24. The molecule has 1 atom stereocenters. The van der Waals surface area contributed by atoms with Gasteiger partial charge in [-0.2, -0.15) is 23.3 Å². The third-order valence-electron chi connectivity index (χ3n) is 3.52. The van der Waals surface area contributed by atoms with Crippen molar-refractivity contribution in [2.75, 3.05) is 0 Å². The molecule has 1 N–H and O–H groups in total. The molecule has 0 saturated carbocycles. The number of rotatable bonds is 1. The molecule has 1 heterocycles. The summed E-state index contributed by atoms with van der Waals surface area (Å²) in [6.07, 6.45) is -5.73. The molecule has 0 radical (unpaired) electrons. The normalized spacial score (nSPS) is 22.4. The molecule has 1 unspecified atom stereocenters. The van der Waals surface area contributed by atoms with E-state index in [1.54, 1.807) is 13.0 Å². The highest BCUT2D eigenvalue weighted by molar-refractivity contribution is 5.98. The van der Waals surface area contributed by atoms with Gasteiger partial charge in [0.15, 0.2) is 0 Å². The van der Waals surface area contributed by atoms with E-state index in [0.717, 1.165) is 11.1 Å². The van der Waals surface area contributed by atoms with Crippen LogP contribution in [0.2, 0.25) is 0 Å². The number of halogens is 3. The number of hydrogen-bond donors (Lipinski definition) is 1. The lowest BCUT2D eigenvalue weighted by molar-refractivity contribution is -0.297. The van der Waals surface area contributed by atoms with Gasteiger partial charge in [-0.25, -0.2) is 0 Å². The summed E-state index contributed by atoms with van der Waals surface area (Å²) in [5.41, 5.74) is -1.49. The molecule has 0 saturated heterocycles. The van der Waals surface area contributed by atoms with Crippen LogP contribution in [0.5, 0.6) is 0 Å². The average molecular weight is 300 g/mol. The largest absolute Gasteiger partial charge is 0.438 e. The maximum Gasteiger partial charge on any atom is 0.438 e. The Morgan fingerprint density at radius 2 is 1.90 bits per heavy atom. The van der Waals surface area contributed by atoms with Crippen molar-refractivity contribution in [3.8, 4) is 0 Å². The Labute approximate surface area is 119 Å². The molecular formula is C14H15F3N2O2. The molecule has 114 valence electrons. The van der Waals surface area contributed by atoms with Crippen LogP contribution in [-0.4, -0.2) is 33.6 Å². The van der Waals surface area contributed by atoms with Crippen LogP contribution >= 0.6 is 0 Å². The summed E-state index contributed by atoms with van der Waals surface area (Å²) in [7, 11) is 0. The zero-order valence-electron chi connectivity index (χ0n) is 11.8. The molecule has 21 heavy (non-hydrogen) atoms. The van der Waals surface area contributed by atoms with E-state index in [0.29, 0.717) is 0 Å². The summed E-state index contributed by atoms with van der Waals surface area (Å²) >= 11 is 0. The fourth-order valence-electron chi connectivity index (χ4n) is 2.15. The van der Waals surface area contributed by atoms with Crippen molar-refractivity contribution in [1.29, 1.82) is 0 Å². The van der Waals surface area contributed by atoms with Crippen LogP contribution in [0.25, 0.3) is 0 Å². The third kappa shape index (κ3) is 2.53. The van der Waals surface area contributed by atoms with Gasteiger partial charge < -0.3 is 5.11 Å². The summed E-state index contributed by atoms with van der Waals surface area (Å²) in [6, 6.07) is 4.55. The van der Waals surface area contributed by atoms with Crippen molar-refractivity contribution in [3.63, 3.8) is 0 Å². The van der Waals surface area contributed by atoms with Gasteiger partial charge in [0, 0.05) is 17.7 Å². The lowest BCUT2D eigenvalue weighted by atomic mass is 10.0. The summed E-state index contributed by atoms with van der Waals surface area (Å²) in [5, 5.41) is 13.6. The fourth-order valence-corrected chi connectivity index (χ4v) is 2.15. The molecule has 4 nitrogen and oxygen atoms in total. The molecule has 0 aliphatic carbocycles. The zero-order chi connectivity index (χ0) is 16.0. The van der Waals surface area contributed by atoms with Crippen LogP contribution < -0.4 is 0 Å². The van der Waals surface area contributed by atoms with Gasteiger partial charge in [0.05, 0.1) is 0 Å². The molecule has 1 amide bonds. The van der Waals surface area contributed by atoms with Gasteiger partial charge in [0.25, 0.3) is 11.6 Å². The van der Waals surface area contributed by atoms with Crippen molar-refractivity contribution >= 4 is 11.6 Å². The number of nitrogens with zero attached hydrogens (tertiary/aromatic N) is 2. The number of hydrogen-bond acceptors (Lipinski definition) is 3. The van der Waals surface area contributed by atoms with Gasteiger partial charge in [-0.05, 0) is 44.0 Å². The monoisotopic (exact) mass is 300 g/mol. The van der Waals surface area contributed by atoms with Crippen molar-refractivity contribution < 1.29 is 23.1 Å². The Hall–Kier alpha value is -1.89. The van der Waals surface area contributed by atoms with E-state index in [9.17, 15) is 23.1 Å². The van der Waals surface area contributed by atoms with Crippen LogP contribution in [0.15, 0.2) is 23.3 Å². The first-order chi connectivity index (χ1) is 9.56.